The van der Waals surface area contributed by atoms with Crippen molar-refractivity contribution in [2.75, 3.05) is 0 Å². The van der Waals surface area contributed by atoms with E-state index in [1.807, 2.05) is 35.4 Å². The molecule has 10 heteroatoms. The lowest BCUT2D eigenvalue weighted by Gasteiger charge is -2.15. The lowest BCUT2D eigenvalue weighted by Crippen LogP contribution is -2.36. The van der Waals surface area contributed by atoms with Crippen molar-refractivity contribution in [2.24, 2.45) is 7.05 Å². The first-order chi connectivity index (χ1) is 13.7. The summed E-state index contributed by atoms with van der Waals surface area (Å²) in [4.78, 5) is 17.9. The van der Waals surface area contributed by atoms with Gasteiger partial charge < -0.3 is 9.88 Å². The maximum absolute atomic E-state index is 12.5. The van der Waals surface area contributed by atoms with Crippen LogP contribution in [0.15, 0.2) is 30.2 Å². The van der Waals surface area contributed by atoms with Crippen LogP contribution in [-0.2, 0) is 31.2 Å². The third-order valence-electron chi connectivity index (χ3n) is 5.06. The fourth-order valence-electron chi connectivity index (χ4n) is 3.69. The molecule has 4 aromatic heterocycles. The molecule has 0 fully saturated rings. The summed E-state index contributed by atoms with van der Waals surface area (Å²) >= 11 is 1.57. The summed E-state index contributed by atoms with van der Waals surface area (Å²) in [6.45, 7) is 0.776. The van der Waals surface area contributed by atoms with Crippen LogP contribution >= 0.6 is 11.3 Å². The summed E-state index contributed by atoms with van der Waals surface area (Å²) in [5.41, 5.74) is 1.76. The van der Waals surface area contributed by atoms with E-state index in [-0.39, 0.29) is 11.9 Å². The Morgan fingerprint density at radius 3 is 3.07 bits per heavy atom. The Hall–Kier alpha value is -3.01. The number of nitrogens with one attached hydrogen (secondary N) is 1. The quantitative estimate of drug-likeness (QED) is 0.563. The summed E-state index contributed by atoms with van der Waals surface area (Å²) in [6.07, 6.45) is 10.4. The number of amides is 1. The highest BCUT2D eigenvalue weighted by Crippen LogP contribution is 2.22. The highest BCUT2D eigenvalue weighted by Gasteiger charge is 2.23. The molecule has 0 saturated heterocycles. The molecule has 0 spiro atoms. The molecular weight excluding hydrogens is 376 g/mol. The Morgan fingerprint density at radius 2 is 2.25 bits per heavy atom. The van der Waals surface area contributed by atoms with Gasteiger partial charge in [-0.1, -0.05) is 0 Å². The number of aromatic nitrogens is 7. The van der Waals surface area contributed by atoms with Gasteiger partial charge in [0.15, 0.2) is 10.8 Å². The molecule has 9 nitrogen and oxygen atoms in total. The smallest absolute Gasteiger partial charge is 0.226 e. The molecule has 0 radical (unpaired) electrons. The molecular formula is C18H20N8OS. The molecule has 1 unspecified atom stereocenters. The van der Waals surface area contributed by atoms with Gasteiger partial charge >= 0.3 is 0 Å². The second kappa shape index (κ2) is 6.86. The number of imidazole rings is 1. The van der Waals surface area contributed by atoms with Crippen molar-refractivity contribution < 1.29 is 4.79 Å². The van der Waals surface area contributed by atoms with Gasteiger partial charge in [-0.05, 0) is 12.8 Å². The minimum atomic E-state index is 0.0147. The van der Waals surface area contributed by atoms with Crippen molar-refractivity contribution in [1.82, 2.24) is 39.2 Å². The average Bonchev–Trinajstić information content (AvgIpc) is 3.40. The van der Waals surface area contributed by atoms with Gasteiger partial charge in [-0.15, -0.1) is 21.5 Å². The van der Waals surface area contributed by atoms with Crippen LogP contribution in [0.5, 0.6) is 0 Å². The van der Waals surface area contributed by atoms with Gasteiger partial charge in [0.2, 0.25) is 5.91 Å². The fourth-order valence-corrected chi connectivity index (χ4v) is 4.41. The van der Waals surface area contributed by atoms with Crippen molar-refractivity contribution in [3.8, 4) is 11.4 Å². The predicted octanol–water partition coefficient (Wildman–Crippen LogP) is 1.45. The topological polar surface area (TPSA) is 94.9 Å². The van der Waals surface area contributed by atoms with Gasteiger partial charge in [-0.2, -0.15) is 5.10 Å². The van der Waals surface area contributed by atoms with Crippen LogP contribution in [0.1, 0.15) is 24.4 Å². The van der Waals surface area contributed by atoms with Gasteiger partial charge in [0.05, 0.1) is 23.9 Å². The number of rotatable bonds is 4. The summed E-state index contributed by atoms with van der Waals surface area (Å²) in [5, 5.41) is 18.1. The standard InChI is InChI=1S/C18H20N8OS/c1-24-10-12(9-19-24)17-23-22-15-3-2-13(4-5-26(15)17)20-16(27)8-14-11-25-6-7-28-18(25)21-14/h6-7,9-11,13H,2-5,8H2,1H3,(H,20,27). The Labute approximate surface area is 165 Å². The van der Waals surface area contributed by atoms with Crippen LogP contribution in [0, 0.1) is 0 Å². The van der Waals surface area contributed by atoms with Crippen LogP contribution in [0.2, 0.25) is 0 Å². The molecule has 4 aromatic rings. The molecule has 28 heavy (non-hydrogen) atoms. The first kappa shape index (κ1) is 17.1. The van der Waals surface area contributed by atoms with E-state index < -0.39 is 0 Å². The first-order valence-corrected chi connectivity index (χ1v) is 10.2. The maximum Gasteiger partial charge on any atom is 0.226 e. The van der Waals surface area contributed by atoms with E-state index >= 15 is 0 Å². The largest absolute Gasteiger partial charge is 0.353 e. The number of thiazole rings is 1. The molecule has 1 atom stereocenters. The van der Waals surface area contributed by atoms with Crippen LogP contribution in [0.25, 0.3) is 16.3 Å². The van der Waals surface area contributed by atoms with Crippen molar-refractivity contribution in [1.29, 1.82) is 0 Å². The summed E-state index contributed by atoms with van der Waals surface area (Å²) < 4.78 is 5.86. The third kappa shape index (κ3) is 3.19. The first-order valence-electron chi connectivity index (χ1n) is 9.27. The number of nitrogens with zero attached hydrogens (tertiary/aromatic N) is 7. The second-order valence-electron chi connectivity index (χ2n) is 7.09. The summed E-state index contributed by atoms with van der Waals surface area (Å²) in [6, 6.07) is 0.125. The summed E-state index contributed by atoms with van der Waals surface area (Å²) in [5.74, 6) is 1.82. The van der Waals surface area contributed by atoms with Gasteiger partial charge in [-0.25, -0.2) is 4.98 Å². The van der Waals surface area contributed by atoms with Gasteiger partial charge in [0, 0.05) is 50.0 Å². The normalized spacial score (nSPS) is 16.8. The van der Waals surface area contributed by atoms with E-state index in [1.165, 1.54) is 0 Å². The zero-order valence-electron chi connectivity index (χ0n) is 15.4. The van der Waals surface area contributed by atoms with E-state index in [0.29, 0.717) is 6.42 Å². The highest BCUT2D eigenvalue weighted by atomic mass is 32.1. The molecule has 0 saturated carbocycles. The Kier molecular flexibility index (Phi) is 4.19. The second-order valence-corrected chi connectivity index (χ2v) is 7.96. The van der Waals surface area contributed by atoms with Crippen molar-refractivity contribution in [2.45, 2.75) is 38.3 Å². The lowest BCUT2D eigenvalue weighted by atomic mass is 10.1. The molecule has 144 valence electrons. The van der Waals surface area contributed by atoms with E-state index in [2.05, 4.69) is 30.2 Å². The van der Waals surface area contributed by atoms with Crippen LogP contribution in [0.3, 0.4) is 0 Å². The number of fused-ring (bicyclic) bond motifs is 2. The molecule has 1 aliphatic heterocycles. The highest BCUT2D eigenvalue weighted by molar-refractivity contribution is 7.15. The van der Waals surface area contributed by atoms with Gasteiger partial charge in [-0.3, -0.25) is 13.9 Å². The molecule has 1 amide bonds. The van der Waals surface area contributed by atoms with Gasteiger partial charge in [0.25, 0.3) is 0 Å². The van der Waals surface area contributed by atoms with E-state index in [4.69, 9.17) is 0 Å². The average molecular weight is 396 g/mol. The number of carbonyl (C=O) groups excluding carboxylic acids is 1. The maximum atomic E-state index is 12.5. The van der Waals surface area contributed by atoms with Gasteiger partial charge in [0.1, 0.15) is 5.82 Å². The molecule has 0 bridgehead atoms. The Balaban J connectivity index is 1.24. The monoisotopic (exact) mass is 396 g/mol. The molecule has 1 N–H and O–H groups in total. The van der Waals surface area contributed by atoms with Crippen LogP contribution in [0.4, 0.5) is 0 Å². The van der Waals surface area contributed by atoms with E-state index in [1.54, 1.807) is 22.2 Å². The lowest BCUT2D eigenvalue weighted by molar-refractivity contribution is -0.121. The number of aryl methyl sites for hydroxylation is 2. The minimum Gasteiger partial charge on any atom is -0.353 e. The number of hydrogen-bond donors (Lipinski definition) is 1. The van der Waals surface area contributed by atoms with Crippen molar-refractivity contribution in [3.05, 3.63) is 41.7 Å². The zero-order chi connectivity index (χ0) is 19.1. The summed E-state index contributed by atoms with van der Waals surface area (Å²) in [7, 11) is 1.89. The Morgan fingerprint density at radius 1 is 1.32 bits per heavy atom. The van der Waals surface area contributed by atoms with E-state index in [0.717, 1.165) is 53.7 Å². The Bertz CT molecular complexity index is 1110. The molecule has 0 aliphatic carbocycles. The molecule has 1 aliphatic rings. The number of carbonyl (C=O) groups is 1. The number of hydrogen-bond acceptors (Lipinski definition) is 6. The predicted molar refractivity (Wildman–Crippen MR) is 104 cm³/mol. The van der Waals surface area contributed by atoms with Crippen molar-refractivity contribution in [3.63, 3.8) is 0 Å². The zero-order valence-corrected chi connectivity index (χ0v) is 16.3. The minimum absolute atomic E-state index is 0.0147. The molecule has 0 aromatic carbocycles. The fraction of sp³-hybridized carbons (Fsp3) is 0.389. The van der Waals surface area contributed by atoms with Crippen LogP contribution in [-0.4, -0.2) is 45.9 Å². The van der Waals surface area contributed by atoms with E-state index in [9.17, 15) is 4.79 Å². The third-order valence-corrected chi connectivity index (χ3v) is 5.83. The molecule has 5 rings (SSSR count). The van der Waals surface area contributed by atoms with Crippen molar-refractivity contribution >= 4 is 22.2 Å². The van der Waals surface area contributed by atoms with Crippen LogP contribution < -0.4 is 5.32 Å². The SMILES string of the molecule is Cn1cc(-c2nnc3n2CCC(NC(=O)Cc2cn4ccsc4n2)CC3)cn1. The molecule has 5 heterocycles.